The third-order valence-corrected chi connectivity index (χ3v) is 3.81. The van der Waals surface area contributed by atoms with Crippen molar-refractivity contribution in [1.29, 1.82) is 0 Å². The summed E-state index contributed by atoms with van der Waals surface area (Å²) in [5.41, 5.74) is 0.847. The molecule has 0 radical (unpaired) electrons. The molecule has 1 N–H and O–H groups in total. The van der Waals surface area contributed by atoms with E-state index in [0.717, 1.165) is 18.5 Å². The summed E-state index contributed by atoms with van der Waals surface area (Å²) in [7, 11) is 1.53. The van der Waals surface area contributed by atoms with Gasteiger partial charge in [-0.05, 0) is 12.8 Å². The number of nitrogens with one attached hydrogen (secondary N) is 1. The summed E-state index contributed by atoms with van der Waals surface area (Å²) in [4.78, 5) is 10.6. The summed E-state index contributed by atoms with van der Waals surface area (Å²) in [6.07, 6.45) is 8.62. The van der Waals surface area contributed by atoms with Gasteiger partial charge in [-0.25, -0.2) is 0 Å². The molecule has 1 aliphatic rings. The topological polar surface area (TPSA) is 64.4 Å². The van der Waals surface area contributed by atoms with Gasteiger partial charge in [0.1, 0.15) is 5.75 Å². The Morgan fingerprint density at radius 3 is 2.40 bits per heavy atom. The fraction of sp³-hybridized carbons (Fsp3) is 0.600. The zero-order chi connectivity index (χ0) is 14.4. The minimum Gasteiger partial charge on any atom is -0.496 e. The number of rotatable bonds is 4. The van der Waals surface area contributed by atoms with Crippen LogP contribution in [0.25, 0.3) is 0 Å². The van der Waals surface area contributed by atoms with Crippen LogP contribution < -0.4 is 10.1 Å². The van der Waals surface area contributed by atoms with Crippen LogP contribution in [0.4, 0.5) is 11.4 Å². The largest absolute Gasteiger partial charge is 0.496 e. The fourth-order valence-electron chi connectivity index (χ4n) is 2.73. The van der Waals surface area contributed by atoms with E-state index in [0.29, 0.717) is 11.8 Å². The van der Waals surface area contributed by atoms with Crippen LogP contribution in [-0.4, -0.2) is 18.1 Å². The molecule has 1 saturated carbocycles. The van der Waals surface area contributed by atoms with Crippen molar-refractivity contribution in [3.8, 4) is 5.75 Å². The molecule has 2 rings (SSSR count). The van der Waals surface area contributed by atoms with Gasteiger partial charge in [-0.3, -0.25) is 10.1 Å². The van der Waals surface area contributed by atoms with E-state index in [9.17, 15) is 10.1 Å². The molecule has 0 unspecified atom stereocenters. The maximum absolute atomic E-state index is 10.9. The van der Waals surface area contributed by atoms with Crippen LogP contribution >= 0.6 is 0 Å². The lowest BCUT2D eigenvalue weighted by atomic mass is 9.96. The normalized spacial score (nSPS) is 17.1. The molecule has 1 aliphatic carbocycles. The maximum atomic E-state index is 10.9. The molecule has 1 aromatic rings. The van der Waals surface area contributed by atoms with Crippen molar-refractivity contribution < 1.29 is 9.66 Å². The molecule has 1 fully saturated rings. The molecule has 0 heterocycles. The van der Waals surface area contributed by atoms with Crippen molar-refractivity contribution in [3.05, 3.63) is 28.3 Å². The number of hydrogen-bond acceptors (Lipinski definition) is 4. The number of ether oxygens (including phenoxy) is 1. The Hall–Kier alpha value is -1.78. The van der Waals surface area contributed by atoms with Gasteiger partial charge in [0.05, 0.1) is 18.1 Å². The van der Waals surface area contributed by atoms with Gasteiger partial charge < -0.3 is 10.1 Å². The number of nitro benzene ring substituents is 1. The average molecular weight is 278 g/mol. The minimum absolute atomic E-state index is 0.0673. The number of benzene rings is 1. The summed E-state index contributed by atoms with van der Waals surface area (Å²) in [5, 5.41) is 14.4. The smallest absolute Gasteiger partial charge is 0.275 e. The van der Waals surface area contributed by atoms with Crippen molar-refractivity contribution in [3.63, 3.8) is 0 Å². The Balaban J connectivity index is 2.10. The van der Waals surface area contributed by atoms with Crippen LogP contribution in [0.1, 0.15) is 44.9 Å². The third-order valence-electron chi connectivity index (χ3n) is 3.81. The highest BCUT2D eigenvalue weighted by Gasteiger charge is 2.14. The Kier molecular flexibility index (Phi) is 5.21. The molecule has 0 bridgehead atoms. The summed E-state index contributed by atoms with van der Waals surface area (Å²) in [5.74, 6) is 0.521. The second kappa shape index (κ2) is 7.12. The molecule has 0 spiro atoms. The first-order valence-corrected chi connectivity index (χ1v) is 7.29. The lowest BCUT2D eigenvalue weighted by Gasteiger charge is -2.22. The Morgan fingerprint density at radius 2 is 1.80 bits per heavy atom. The van der Waals surface area contributed by atoms with E-state index in [-0.39, 0.29) is 10.6 Å². The molecule has 1 aromatic carbocycles. The van der Waals surface area contributed by atoms with Crippen LogP contribution in [-0.2, 0) is 0 Å². The van der Waals surface area contributed by atoms with Gasteiger partial charge in [0.2, 0.25) is 0 Å². The summed E-state index contributed by atoms with van der Waals surface area (Å²) in [6.45, 7) is 0. The minimum atomic E-state index is -0.383. The zero-order valence-electron chi connectivity index (χ0n) is 11.9. The standard InChI is InChI=1S/C15H22N2O3/c1-20-15-10-13(9-14(11-15)17(18)19)16-12-7-5-3-2-4-6-8-12/h9-12,16H,2-8H2,1H3. The molecular weight excluding hydrogens is 256 g/mol. The first-order chi connectivity index (χ1) is 9.69. The SMILES string of the molecule is COc1cc(NC2CCCCCCC2)cc([N+](=O)[O-])c1. The molecule has 0 amide bonds. The molecule has 0 saturated heterocycles. The number of hydrogen-bond donors (Lipinski definition) is 1. The first-order valence-electron chi connectivity index (χ1n) is 7.29. The van der Waals surface area contributed by atoms with Crippen LogP contribution in [0.3, 0.4) is 0 Å². The van der Waals surface area contributed by atoms with Gasteiger partial charge in [-0.1, -0.05) is 32.1 Å². The second-order valence-electron chi connectivity index (χ2n) is 5.36. The summed E-state index contributed by atoms with van der Waals surface area (Å²) >= 11 is 0. The molecule has 0 atom stereocenters. The van der Waals surface area contributed by atoms with E-state index in [1.807, 2.05) is 6.07 Å². The predicted octanol–water partition coefficient (Wildman–Crippen LogP) is 4.13. The molecular formula is C15H22N2O3. The van der Waals surface area contributed by atoms with Gasteiger partial charge in [-0.2, -0.15) is 0 Å². The molecule has 110 valence electrons. The number of nitro groups is 1. The van der Waals surface area contributed by atoms with Crippen LogP contribution in [0.2, 0.25) is 0 Å². The lowest BCUT2D eigenvalue weighted by Crippen LogP contribution is -2.20. The Labute approximate surface area is 119 Å². The zero-order valence-corrected chi connectivity index (χ0v) is 11.9. The molecule has 5 heteroatoms. The highest BCUT2D eigenvalue weighted by molar-refractivity contribution is 5.56. The van der Waals surface area contributed by atoms with Crippen LogP contribution in [0.15, 0.2) is 18.2 Å². The van der Waals surface area contributed by atoms with Gasteiger partial charge in [-0.15, -0.1) is 0 Å². The number of methoxy groups -OCH3 is 1. The quantitative estimate of drug-likeness (QED) is 0.664. The summed E-state index contributed by atoms with van der Waals surface area (Å²) < 4.78 is 5.14. The van der Waals surface area contributed by atoms with Crippen molar-refractivity contribution in [2.75, 3.05) is 12.4 Å². The monoisotopic (exact) mass is 278 g/mol. The highest BCUT2D eigenvalue weighted by atomic mass is 16.6. The molecule has 5 nitrogen and oxygen atoms in total. The van der Waals surface area contributed by atoms with E-state index >= 15 is 0 Å². The fourth-order valence-corrected chi connectivity index (χ4v) is 2.73. The Morgan fingerprint density at radius 1 is 1.15 bits per heavy atom. The molecule has 0 aromatic heterocycles. The van der Waals surface area contributed by atoms with Crippen LogP contribution in [0, 0.1) is 10.1 Å². The van der Waals surface area contributed by atoms with Gasteiger partial charge in [0, 0.05) is 23.9 Å². The summed E-state index contributed by atoms with van der Waals surface area (Å²) in [6, 6.07) is 5.26. The van der Waals surface area contributed by atoms with Crippen molar-refractivity contribution in [2.24, 2.45) is 0 Å². The Bertz CT molecular complexity index is 454. The average Bonchev–Trinajstić information content (AvgIpc) is 2.41. The predicted molar refractivity (Wildman–Crippen MR) is 79.4 cm³/mol. The molecule has 20 heavy (non-hydrogen) atoms. The van der Waals surface area contributed by atoms with E-state index in [1.165, 1.54) is 45.3 Å². The first kappa shape index (κ1) is 14.6. The lowest BCUT2D eigenvalue weighted by molar-refractivity contribution is -0.384. The second-order valence-corrected chi connectivity index (χ2v) is 5.36. The van der Waals surface area contributed by atoms with Crippen molar-refractivity contribution >= 4 is 11.4 Å². The highest BCUT2D eigenvalue weighted by Crippen LogP contribution is 2.28. The van der Waals surface area contributed by atoms with Crippen molar-refractivity contribution in [1.82, 2.24) is 0 Å². The van der Waals surface area contributed by atoms with Gasteiger partial charge in [0.25, 0.3) is 5.69 Å². The van der Waals surface area contributed by atoms with Gasteiger partial charge in [0.15, 0.2) is 0 Å². The van der Waals surface area contributed by atoms with Gasteiger partial charge >= 0.3 is 0 Å². The van der Waals surface area contributed by atoms with E-state index < -0.39 is 0 Å². The maximum Gasteiger partial charge on any atom is 0.275 e. The number of anilines is 1. The van der Waals surface area contributed by atoms with Crippen molar-refractivity contribution in [2.45, 2.75) is 51.0 Å². The van der Waals surface area contributed by atoms with E-state index in [2.05, 4.69) is 5.32 Å². The third kappa shape index (κ3) is 4.11. The van der Waals surface area contributed by atoms with E-state index in [4.69, 9.17) is 4.74 Å². The van der Waals surface area contributed by atoms with E-state index in [1.54, 1.807) is 6.07 Å². The van der Waals surface area contributed by atoms with Crippen LogP contribution in [0.5, 0.6) is 5.75 Å². The molecule has 0 aliphatic heterocycles. The number of non-ortho nitro benzene ring substituents is 1. The number of nitrogens with zero attached hydrogens (tertiary/aromatic N) is 1.